The molecule has 6 heteroatoms. The molecule has 0 saturated carbocycles. The van der Waals surface area contributed by atoms with Gasteiger partial charge in [-0.3, -0.25) is 4.72 Å². The smallest absolute Gasteiger partial charge is 0.265 e. The number of aryl methyl sites for hydroxylation is 3. The molecule has 0 aliphatic carbocycles. The lowest BCUT2D eigenvalue weighted by atomic mass is 10.1. The van der Waals surface area contributed by atoms with Gasteiger partial charge >= 0.3 is 0 Å². The third-order valence-corrected chi connectivity index (χ3v) is 5.27. The Morgan fingerprint density at radius 2 is 1.70 bits per heavy atom. The van der Waals surface area contributed by atoms with Crippen LogP contribution in [0.3, 0.4) is 0 Å². The molecule has 0 atom stereocenters. The molecule has 23 heavy (non-hydrogen) atoms. The van der Waals surface area contributed by atoms with Crippen LogP contribution in [0.15, 0.2) is 39.7 Å². The third kappa shape index (κ3) is 4.06. The van der Waals surface area contributed by atoms with E-state index in [1.807, 2.05) is 39.8 Å². The number of hydrogen-bond donors (Lipinski definition) is 1. The Morgan fingerprint density at radius 3 is 2.26 bits per heavy atom. The van der Waals surface area contributed by atoms with Gasteiger partial charge in [0.05, 0.1) is 12.3 Å². The van der Waals surface area contributed by atoms with Gasteiger partial charge in [-0.1, -0.05) is 33.6 Å². The van der Waals surface area contributed by atoms with E-state index in [1.165, 1.54) is 0 Å². The zero-order valence-corrected chi connectivity index (χ0v) is 16.0. The van der Waals surface area contributed by atoms with Crippen molar-refractivity contribution in [2.45, 2.75) is 32.6 Å². The van der Waals surface area contributed by atoms with Crippen LogP contribution in [0.1, 0.15) is 23.6 Å². The van der Waals surface area contributed by atoms with E-state index in [4.69, 9.17) is 4.74 Å². The van der Waals surface area contributed by atoms with Crippen LogP contribution in [0.4, 0.5) is 5.69 Å². The molecule has 2 aromatic rings. The van der Waals surface area contributed by atoms with Gasteiger partial charge in [-0.2, -0.15) is 0 Å². The predicted octanol–water partition coefficient (Wildman–Crippen LogP) is 4.57. The molecular weight excluding hydrogens is 378 g/mol. The number of halogens is 1. The number of sulfonamides is 1. The summed E-state index contributed by atoms with van der Waals surface area (Å²) in [7, 11) is -3.75. The normalized spacial score (nSPS) is 11.3. The van der Waals surface area contributed by atoms with Gasteiger partial charge in [0, 0.05) is 4.47 Å². The largest absolute Gasteiger partial charge is 0.492 e. The molecule has 0 fully saturated rings. The molecule has 0 radical (unpaired) electrons. The summed E-state index contributed by atoms with van der Waals surface area (Å²) in [6.45, 7) is 7.98. The minimum atomic E-state index is -3.75. The van der Waals surface area contributed by atoms with Crippen LogP contribution < -0.4 is 9.46 Å². The number of ether oxygens (including phenoxy) is 1. The first-order valence-corrected chi connectivity index (χ1v) is 9.55. The first kappa shape index (κ1) is 17.8. The minimum Gasteiger partial charge on any atom is -0.492 e. The zero-order valence-electron chi connectivity index (χ0n) is 13.6. The SMILES string of the molecule is CCOc1ccc(Br)cc1S(=O)(=O)Nc1c(C)cc(C)cc1C. The Labute approximate surface area is 146 Å². The topological polar surface area (TPSA) is 55.4 Å². The van der Waals surface area contributed by atoms with Crippen LogP contribution in [-0.2, 0) is 10.0 Å². The van der Waals surface area contributed by atoms with Gasteiger partial charge in [0.25, 0.3) is 10.0 Å². The van der Waals surface area contributed by atoms with Crippen molar-refractivity contribution in [3.63, 3.8) is 0 Å². The highest BCUT2D eigenvalue weighted by Gasteiger charge is 2.22. The van der Waals surface area contributed by atoms with Crippen molar-refractivity contribution < 1.29 is 13.2 Å². The molecule has 0 saturated heterocycles. The van der Waals surface area contributed by atoms with Crippen LogP contribution in [0.2, 0.25) is 0 Å². The average Bonchev–Trinajstić information content (AvgIpc) is 2.45. The molecule has 2 rings (SSSR count). The molecule has 0 spiro atoms. The van der Waals surface area contributed by atoms with Crippen molar-refractivity contribution in [3.8, 4) is 5.75 Å². The van der Waals surface area contributed by atoms with Gasteiger partial charge in [0.2, 0.25) is 0 Å². The van der Waals surface area contributed by atoms with Crippen LogP contribution in [0.5, 0.6) is 5.75 Å². The van der Waals surface area contributed by atoms with E-state index in [9.17, 15) is 8.42 Å². The van der Waals surface area contributed by atoms with E-state index in [-0.39, 0.29) is 4.90 Å². The summed E-state index contributed by atoms with van der Waals surface area (Å²) < 4.78 is 34.5. The van der Waals surface area contributed by atoms with Crippen LogP contribution in [0.25, 0.3) is 0 Å². The lowest BCUT2D eigenvalue weighted by Gasteiger charge is -2.16. The monoisotopic (exact) mass is 397 g/mol. The van der Waals surface area contributed by atoms with Crippen molar-refractivity contribution in [3.05, 3.63) is 51.5 Å². The standard InChI is InChI=1S/C17H20BrNO3S/c1-5-22-15-7-6-14(18)10-16(15)23(20,21)19-17-12(3)8-11(2)9-13(17)4/h6-10,19H,5H2,1-4H3. The fourth-order valence-electron chi connectivity index (χ4n) is 2.50. The first-order chi connectivity index (χ1) is 10.7. The highest BCUT2D eigenvalue weighted by molar-refractivity contribution is 9.10. The fourth-order valence-corrected chi connectivity index (χ4v) is 4.38. The highest BCUT2D eigenvalue weighted by Crippen LogP contribution is 2.31. The molecule has 0 bridgehead atoms. The Bertz CT molecular complexity index is 809. The first-order valence-electron chi connectivity index (χ1n) is 7.27. The van der Waals surface area contributed by atoms with Crippen molar-refractivity contribution in [2.24, 2.45) is 0 Å². The maximum atomic E-state index is 12.8. The van der Waals surface area contributed by atoms with Gasteiger partial charge in [0.15, 0.2) is 0 Å². The van der Waals surface area contributed by atoms with Gasteiger partial charge in [-0.15, -0.1) is 0 Å². The second-order valence-corrected chi connectivity index (χ2v) is 7.97. The van der Waals surface area contributed by atoms with Crippen LogP contribution in [-0.4, -0.2) is 15.0 Å². The Morgan fingerprint density at radius 1 is 1.09 bits per heavy atom. The van der Waals surface area contributed by atoms with Crippen molar-refractivity contribution in [1.29, 1.82) is 0 Å². The van der Waals surface area contributed by atoms with E-state index < -0.39 is 10.0 Å². The minimum absolute atomic E-state index is 0.119. The van der Waals surface area contributed by atoms with Crippen LogP contribution in [0, 0.1) is 20.8 Å². The van der Waals surface area contributed by atoms with E-state index in [0.29, 0.717) is 22.5 Å². The summed E-state index contributed by atoms with van der Waals surface area (Å²) in [5.41, 5.74) is 3.48. The second-order valence-electron chi connectivity index (χ2n) is 5.40. The van der Waals surface area contributed by atoms with Gasteiger partial charge in [-0.25, -0.2) is 8.42 Å². The molecular formula is C17H20BrNO3S. The molecule has 0 heterocycles. The Kier molecular flexibility index (Phi) is 5.37. The zero-order chi connectivity index (χ0) is 17.2. The predicted molar refractivity (Wildman–Crippen MR) is 96.8 cm³/mol. The van der Waals surface area contributed by atoms with Crippen molar-refractivity contribution in [1.82, 2.24) is 0 Å². The van der Waals surface area contributed by atoms with Crippen LogP contribution >= 0.6 is 15.9 Å². The van der Waals surface area contributed by atoms with E-state index in [0.717, 1.165) is 16.7 Å². The molecule has 2 aromatic carbocycles. The summed E-state index contributed by atoms with van der Waals surface area (Å²) in [6, 6.07) is 8.86. The quantitative estimate of drug-likeness (QED) is 0.803. The number of anilines is 1. The lowest BCUT2D eigenvalue weighted by molar-refractivity contribution is 0.331. The van der Waals surface area contributed by atoms with E-state index in [2.05, 4.69) is 20.7 Å². The second kappa shape index (κ2) is 6.93. The Hall–Kier alpha value is -1.53. The average molecular weight is 398 g/mol. The van der Waals surface area contributed by atoms with Crippen molar-refractivity contribution in [2.75, 3.05) is 11.3 Å². The molecule has 0 aromatic heterocycles. The highest BCUT2D eigenvalue weighted by atomic mass is 79.9. The maximum absolute atomic E-state index is 12.8. The number of nitrogens with one attached hydrogen (secondary N) is 1. The molecule has 0 aliphatic heterocycles. The van der Waals surface area contributed by atoms with Crippen molar-refractivity contribution >= 4 is 31.6 Å². The van der Waals surface area contributed by atoms with E-state index >= 15 is 0 Å². The molecule has 0 unspecified atom stereocenters. The summed E-state index contributed by atoms with van der Waals surface area (Å²) >= 11 is 3.32. The van der Waals surface area contributed by atoms with Gasteiger partial charge in [-0.05, 0) is 57.0 Å². The summed E-state index contributed by atoms with van der Waals surface area (Å²) in [4.78, 5) is 0.119. The molecule has 0 aliphatic rings. The Balaban J connectivity index is 2.50. The summed E-state index contributed by atoms with van der Waals surface area (Å²) in [5.74, 6) is 0.339. The number of rotatable bonds is 5. The maximum Gasteiger partial charge on any atom is 0.265 e. The third-order valence-electron chi connectivity index (χ3n) is 3.41. The number of hydrogen-bond acceptors (Lipinski definition) is 3. The van der Waals surface area contributed by atoms with E-state index in [1.54, 1.807) is 18.2 Å². The summed E-state index contributed by atoms with van der Waals surface area (Å²) in [5, 5.41) is 0. The van der Waals surface area contributed by atoms with Gasteiger partial charge < -0.3 is 4.74 Å². The number of benzene rings is 2. The molecule has 0 amide bonds. The molecule has 1 N–H and O–H groups in total. The lowest BCUT2D eigenvalue weighted by Crippen LogP contribution is -2.16. The molecule has 4 nitrogen and oxygen atoms in total. The van der Waals surface area contributed by atoms with Gasteiger partial charge in [0.1, 0.15) is 10.6 Å². The summed E-state index contributed by atoms with van der Waals surface area (Å²) in [6.07, 6.45) is 0. The molecule has 124 valence electrons. The fraction of sp³-hybridized carbons (Fsp3) is 0.294.